The summed E-state index contributed by atoms with van der Waals surface area (Å²) >= 11 is 0. The van der Waals surface area contributed by atoms with Crippen LogP contribution in [0.3, 0.4) is 0 Å². The third-order valence-corrected chi connectivity index (χ3v) is 3.67. The van der Waals surface area contributed by atoms with Crippen LogP contribution < -0.4 is 11.1 Å². The van der Waals surface area contributed by atoms with E-state index in [1.807, 2.05) is 13.8 Å². The predicted octanol–water partition coefficient (Wildman–Crippen LogP) is 0.546. The lowest BCUT2D eigenvalue weighted by atomic mass is 9.98. The lowest BCUT2D eigenvalue weighted by Gasteiger charge is -2.29. The number of hydrogen-bond donors (Lipinski definition) is 2. The zero-order valence-electron chi connectivity index (χ0n) is 12.7. The van der Waals surface area contributed by atoms with Crippen molar-refractivity contribution in [3.63, 3.8) is 0 Å². The summed E-state index contributed by atoms with van der Waals surface area (Å²) in [7, 11) is 0. The molecule has 6 heteroatoms. The van der Waals surface area contributed by atoms with E-state index in [0.29, 0.717) is 0 Å². The highest BCUT2D eigenvalue weighted by Crippen LogP contribution is 2.22. The van der Waals surface area contributed by atoms with Gasteiger partial charge in [0.15, 0.2) is 0 Å². The number of primary amides is 1. The normalized spacial score (nSPS) is 20.1. The Balaban J connectivity index is 2.78. The molecule has 0 aromatic heterocycles. The van der Waals surface area contributed by atoms with E-state index in [0.717, 1.165) is 12.8 Å². The van der Waals surface area contributed by atoms with Crippen molar-refractivity contribution in [2.24, 2.45) is 5.73 Å². The number of rotatable bonds is 7. The Labute approximate surface area is 120 Å². The topological polar surface area (TPSA) is 92.5 Å². The quantitative estimate of drug-likeness (QED) is 0.667. The van der Waals surface area contributed by atoms with Gasteiger partial charge in [-0.25, -0.2) is 0 Å². The molecule has 6 nitrogen and oxygen atoms in total. The highest BCUT2D eigenvalue weighted by atomic mass is 16.2. The number of imide groups is 1. The van der Waals surface area contributed by atoms with Gasteiger partial charge in [0.1, 0.15) is 0 Å². The molecule has 1 atom stereocenters. The van der Waals surface area contributed by atoms with E-state index in [1.54, 1.807) is 13.8 Å². The minimum Gasteiger partial charge on any atom is -0.370 e. The Bertz CT molecular complexity index is 402. The molecule has 1 aliphatic heterocycles. The molecule has 1 fully saturated rings. The molecule has 0 saturated carbocycles. The summed E-state index contributed by atoms with van der Waals surface area (Å²) in [5.41, 5.74) is 4.59. The Hall–Kier alpha value is -1.43. The van der Waals surface area contributed by atoms with Crippen LogP contribution >= 0.6 is 0 Å². The number of carbonyl (C=O) groups excluding carboxylic acids is 3. The molecule has 0 aromatic rings. The molecule has 20 heavy (non-hydrogen) atoms. The zero-order chi connectivity index (χ0) is 15.5. The third kappa shape index (κ3) is 3.79. The molecule has 0 radical (unpaired) electrons. The van der Waals surface area contributed by atoms with E-state index in [2.05, 4.69) is 5.32 Å². The number of carbonyl (C=O) groups is 3. The molecule has 3 N–H and O–H groups in total. The molecule has 3 amide bonds. The first-order valence-electron chi connectivity index (χ1n) is 7.13. The van der Waals surface area contributed by atoms with E-state index in [1.165, 1.54) is 4.90 Å². The fraction of sp³-hybridized carbons (Fsp3) is 0.786. The standard InChI is InChI=1S/C14H25N3O3/c1-5-9(6-2)17-12(19)7-10(13(17)20)16-14(3,4)8-11(15)18/h9-10,16H,5-8H2,1-4H3,(H2,15,18). The van der Waals surface area contributed by atoms with Crippen molar-refractivity contribution in [2.45, 2.75) is 71.0 Å². The number of likely N-dealkylation sites (tertiary alicyclic amines) is 1. The van der Waals surface area contributed by atoms with Gasteiger partial charge < -0.3 is 5.73 Å². The van der Waals surface area contributed by atoms with Crippen LogP contribution in [0.4, 0.5) is 0 Å². The van der Waals surface area contributed by atoms with Gasteiger partial charge in [0.25, 0.3) is 0 Å². The van der Waals surface area contributed by atoms with Crippen LogP contribution in [-0.2, 0) is 14.4 Å². The first-order chi connectivity index (χ1) is 9.21. The summed E-state index contributed by atoms with van der Waals surface area (Å²) in [6, 6.07) is -0.599. The average Bonchev–Trinajstić information content (AvgIpc) is 2.56. The Morgan fingerprint density at radius 3 is 2.40 bits per heavy atom. The van der Waals surface area contributed by atoms with Gasteiger partial charge in [-0.15, -0.1) is 0 Å². The van der Waals surface area contributed by atoms with E-state index in [4.69, 9.17) is 5.73 Å². The number of amides is 3. The van der Waals surface area contributed by atoms with Crippen LogP contribution in [0, 0.1) is 0 Å². The summed E-state index contributed by atoms with van der Waals surface area (Å²) in [5, 5.41) is 3.09. The van der Waals surface area contributed by atoms with Crippen LogP contribution in [0.25, 0.3) is 0 Å². The summed E-state index contributed by atoms with van der Waals surface area (Å²) in [6.07, 6.45) is 1.78. The highest BCUT2D eigenvalue weighted by Gasteiger charge is 2.43. The van der Waals surface area contributed by atoms with Crippen molar-refractivity contribution in [1.29, 1.82) is 0 Å². The molecule has 0 spiro atoms. The first-order valence-corrected chi connectivity index (χ1v) is 7.13. The fourth-order valence-electron chi connectivity index (χ4n) is 2.76. The average molecular weight is 283 g/mol. The first kappa shape index (κ1) is 16.6. The van der Waals surface area contributed by atoms with Crippen molar-refractivity contribution >= 4 is 17.7 Å². The number of hydrogen-bond acceptors (Lipinski definition) is 4. The van der Waals surface area contributed by atoms with Crippen LogP contribution in [0.15, 0.2) is 0 Å². The second-order valence-electron chi connectivity index (χ2n) is 6.00. The van der Waals surface area contributed by atoms with Gasteiger partial charge in [-0.05, 0) is 26.7 Å². The minimum atomic E-state index is -0.601. The molecule has 1 unspecified atom stereocenters. The van der Waals surface area contributed by atoms with Crippen molar-refractivity contribution < 1.29 is 14.4 Å². The van der Waals surface area contributed by atoms with Crippen molar-refractivity contribution in [3.05, 3.63) is 0 Å². The van der Waals surface area contributed by atoms with Crippen LogP contribution in [-0.4, -0.2) is 40.2 Å². The van der Waals surface area contributed by atoms with E-state index in [9.17, 15) is 14.4 Å². The molecule has 1 rings (SSSR count). The smallest absolute Gasteiger partial charge is 0.247 e. The molecule has 1 saturated heterocycles. The van der Waals surface area contributed by atoms with E-state index >= 15 is 0 Å². The lowest BCUT2D eigenvalue weighted by molar-refractivity contribution is -0.142. The maximum absolute atomic E-state index is 12.4. The third-order valence-electron chi connectivity index (χ3n) is 3.67. The van der Waals surface area contributed by atoms with E-state index in [-0.39, 0.29) is 30.7 Å². The van der Waals surface area contributed by atoms with Gasteiger partial charge in [-0.3, -0.25) is 24.6 Å². The Kier molecular flexibility index (Phi) is 5.28. The maximum atomic E-state index is 12.4. The molecular weight excluding hydrogens is 258 g/mol. The second-order valence-corrected chi connectivity index (χ2v) is 6.00. The Morgan fingerprint density at radius 1 is 1.40 bits per heavy atom. The minimum absolute atomic E-state index is 0.0407. The van der Waals surface area contributed by atoms with Crippen molar-refractivity contribution in [3.8, 4) is 0 Å². The van der Waals surface area contributed by atoms with Gasteiger partial charge in [0, 0.05) is 18.0 Å². The number of nitrogens with zero attached hydrogens (tertiary/aromatic N) is 1. The highest BCUT2D eigenvalue weighted by molar-refractivity contribution is 6.05. The maximum Gasteiger partial charge on any atom is 0.247 e. The number of nitrogens with one attached hydrogen (secondary N) is 1. The zero-order valence-corrected chi connectivity index (χ0v) is 12.7. The van der Waals surface area contributed by atoms with Gasteiger partial charge in [0.05, 0.1) is 12.5 Å². The van der Waals surface area contributed by atoms with Gasteiger partial charge in [-0.2, -0.15) is 0 Å². The van der Waals surface area contributed by atoms with Crippen molar-refractivity contribution in [1.82, 2.24) is 10.2 Å². The monoisotopic (exact) mass is 283 g/mol. The van der Waals surface area contributed by atoms with Gasteiger partial charge in [0.2, 0.25) is 17.7 Å². The molecule has 114 valence electrons. The molecule has 0 bridgehead atoms. The number of nitrogens with two attached hydrogens (primary N) is 1. The van der Waals surface area contributed by atoms with Gasteiger partial charge >= 0.3 is 0 Å². The predicted molar refractivity (Wildman–Crippen MR) is 75.7 cm³/mol. The SMILES string of the molecule is CCC(CC)N1C(=O)CC(NC(C)(C)CC(N)=O)C1=O. The fourth-order valence-corrected chi connectivity index (χ4v) is 2.76. The van der Waals surface area contributed by atoms with Crippen LogP contribution in [0.5, 0.6) is 0 Å². The van der Waals surface area contributed by atoms with Gasteiger partial charge in [-0.1, -0.05) is 13.8 Å². The Morgan fingerprint density at radius 2 is 1.95 bits per heavy atom. The lowest BCUT2D eigenvalue weighted by Crippen LogP contribution is -2.52. The summed E-state index contributed by atoms with van der Waals surface area (Å²) in [6.45, 7) is 7.53. The summed E-state index contributed by atoms with van der Waals surface area (Å²) in [5.74, 6) is -0.770. The summed E-state index contributed by atoms with van der Waals surface area (Å²) in [4.78, 5) is 36.8. The largest absolute Gasteiger partial charge is 0.370 e. The molecule has 0 aliphatic carbocycles. The van der Waals surface area contributed by atoms with E-state index < -0.39 is 17.5 Å². The van der Waals surface area contributed by atoms with Crippen molar-refractivity contribution in [2.75, 3.05) is 0 Å². The molecule has 1 heterocycles. The summed E-state index contributed by atoms with van der Waals surface area (Å²) < 4.78 is 0. The second kappa shape index (κ2) is 6.35. The molecule has 0 aromatic carbocycles. The van der Waals surface area contributed by atoms with Crippen LogP contribution in [0.1, 0.15) is 53.4 Å². The molecule has 1 aliphatic rings. The molecular formula is C14H25N3O3. The van der Waals surface area contributed by atoms with Crippen LogP contribution in [0.2, 0.25) is 0 Å².